The fourth-order valence-corrected chi connectivity index (χ4v) is 6.56. The van der Waals surface area contributed by atoms with Crippen LogP contribution in [-0.4, -0.2) is 51.7 Å². The van der Waals surface area contributed by atoms with Crippen molar-refractivity contribution in [1.29, 1.82) is 0 Å². The number of amides is 2. The summed E-state index contributed by atoms with van der Waals surface area (Å²) < 4.78 is 1.64. The van der Waals surface area contributed by atoms with Crippen LogP contribution in [0.1, 0.15) is 42.5 Å². The normalized spacial score (nSPS) is 15.6. The molecule has 0 radical (unpaired) electrons. The van der Waals surface area contributed by atoms with Crippen LogP contribution in [0.4, 0.5) is 0 Å². The SMILES string of the molecule is CN(CC(=O)NC1CC1)C(=O)CSc1nc2sc3c(c2c(=O)n1-c1ccccc1)CCCCC3. The predicted octanol–water partition coefficient (Wildman–Crippen LogP) is 3.55. The van der Waals surface area contributed by atoms with Crippen molar-refractivity contribution in [2.75, 3.05) is 19.3 Å². The first-order valence-corrected chi connectivity index (χ1v) is 13.6. The van der Waals surface area contributed by atoms with E-state index in [2.05, 4.69) is 5.32 Å². The zero-order chi connectivity index (χ0) is 23.7. The Morgan fingerprint density at radius 1 is 1.18 bits per heavy atom. The van der Waals surface area contributed by atoms with E-state index in [1.165, 1.54) is 28.0 Å². The van der Waals surface area contributed by atoms with E-state index in [0.717, 1.165) is 60.0 Å². The molecule has 3 aromatic rings. The Labute approximate surface area is 206 Å². The number of likely N-dealkylation sites (N-methyl/N-ethyl adjacent to an activating group) is 1. The molecule has 9 heteroatoms. The molecule has 2 aliphatic rings. The molecule has 0 atom stereocenters. The highest BCUT2D eigenvalue weighted by molar-refractivity contribution is 7.99. The van der Waals surface area contributed by atoms with Crippen molar-refractivity contribution in [3.63, 3.8) is 0 Å². The summed E-state index contributed by atoms with van der Waals surface area (Å²) in [5.41, 5.74) is 1.83. The van der Waals surface area contributed by atoms with Gasteiger partial charge >= 0.3 is 0 Å². The quantitative estimate of drug-likeness (QED) is 0.307. The third kappa shape index (κ3) is 4.90. The Bertz CT molecular complexity index is 1280. The van der Waals surface area contributed by atoms with Crippen molar-refractivity contribution in [2.45, 2.75) is 56.1 Å². The number of carbonyl (C=O) groups is 2. The molecule has 2 heterocycles. The number of nitrogens with zero attached hydrogens (tertiary/aromatic N) is 3. The van der Waals surface area contributed by atoms with E-state index in [-0.39, 0.29) is 35.7 Å². The van der Waals surface area contributed by atoms with Gasteiger partial charge in [-0.1, -0.05) is 36.4 Å². The number of hydrogen-bond donors (Lipinski definition) is 1. The minimum Gasteiger partial charge on any atom is -0.352 e. The number of thioether (sulfide) groups is 1. The minimum atomic E-state index is -0.174. The first-order chi connectivity index (χ1) is 16.5. The van der Waals surface area contributed by atoms with Gasteiger partial charge in [-0.2, -0.15) is 0 Å². The Morgan fingerprint density at radius 3 is 2.71 bits per heavy atom. The summed E-state index contributed by atoms with van der Waals surface area (Å²) in [4.78, 5) is 47.0. The summed E-state index contributed by atoms with van der Waals surface area (Å²) in [6, 6.07) is 9.75. The van der Waals surface area contributed by atoms with E-state index in [1.807, 2.05) is 30.3 Å². The number of aromatic nitrogens is 2. The summed E-state index contributed by atoms with van der Waals surface area (Å²) in [6.45, 7) is 0.0332. The van der Waals surface area contributed by atoms with E-state index in [4.69, 9.17) is 4.98 Å². The van der Waals surface area contributed by atoms with E-state index in [0.29, 0.717) is 5.16 Å². The smallest absolute Gasteiger partial charge is 0.267 e. The topological polar surface area (TPSA) is 84.3 Å². The largest absolute Gasteiger partial charge is 0.352 e. The zero-order valence-electron chi connectivity index (χ0n) is 19.2. The molecule has 2 amide bonds. The Kier molecular flexibility index (Phi) is 6.74. The van der Waals surface area contributed by atoms with Crippen LogP contribution in [0.25, 0.3) is 15.9 Å². The zero-order valence-corrected chi connectivity index (χ0v) is 20.8. The lowest BCUT2D eigenvalue weighted by Gasteiger charge is -2.17. The van der Waals surface area contributed by atoms with E-state index in [9.17, 15) is 14.4 Å². The standard InChI is InChI=1S/C25H28N4O3S2/c1-28(14-20(30)26-16-12-13-16)21(31)15-33-25-27-23-22(18-10-6-3-7-11-19(18)34-23)24(32)29(25)17-8-4-2-5-9-17/h2,4-5,8-9,16H,3,6-7,10-15H2,1H3,(H,26,30). The minimum absolute atomic E-state index is 0.0332. The maximum Gasteiger partial charge on any atom is 0.267 e. The number of carbonyl (C=O) groups excluding carboxylic acids is 2. The van der Waals surface area contributed by atoms with Crippen molar-refractivity contribution < 1.29 is 9.59 Å². The highest BCUT2D eigenvalue weighted by Gasteiger charge is 2.25. The van der Waals surface area contributed by atoms with Gasteiger partial charge in [0.25, 0.3) is 5.56 Å². The van der Waals surface area contributed by atoms with Crippen LogP contribution in [0, 0.1) is 0 Å². The van der Waals surface area contributed by atoms with Gasteiger partial charge in [-0.05, 0) is 56.2 Å². The number of rotatable bonds is 7. The fourth-order valence-electron chi connectivity index (χ4n) is 4.31. The van der Waals surface area contributed by atoms with Crippen molar-refractivity contribution in [3.8, 4) is 5.69 Å². The van der Waals surface area contributed by atoms with Crippen LogP contribution >= 0.6 is 23.1 Å². The molecule has 2 aromatic heterocycles. The second-order valence-electron chi connectivity index (χ2n) is 9.00. The highest BCUT2D eigenvalue weighted by Crippen LogP contribution is 2.34. The first-order valence-electron chi connectivity index (χ1n) is 11.8. The second-order valence-corrected chi connectivity index (χ2v) is 11.0. The Hall–Kier alpha value is -2.65. The molecule has 0 bridgehead atoms. The summed E-state index contributed by atoms with van der Waals surface area (Å²) in [5, 5.41) is 4.14. The summed E-state index contributed by atoms with van der Waals surface area (Å²) in [6.07, 6.45) is 7.35. The molecule has 1 N–H and O–H groups in total. The van der Waals surface area contributed by atoms with Crippen LogP contribution in [-0.2, 0) is 22.4 Å². The fraction of sp³-hybridized carbons (Fsp3) is 0.440. The van der Waals surface area contributed by atoms with Crippen molar-refractivity contribution >= 4 is 45.1 Å². The Balaban J connectivity index is 1.44. The molecule has 2 aliphatic carbocycles. The van der Waals surface area contributed by atoms with Crippen LogP contribution in [0.3, 0.4) is 0 Å². The average molecular weight is 497 g/mol. The number of aryl methyl sites for hydroxylation is 2. The van der Waals surface area contributed by atoms with Crippen LogP contribution in [0.15, 0.2) is 40.3 Å². The number of nitrogens with one attached hydrogen (secondary N) is 1. The third-order valence-corrected chi connectivity index (χ3v) is 8.41. The van der Waals surface area contributed by atoms with Gasteiger partial charge in [0.2, 0.25) is 11.8 Å². The van der Waals surface area contributed by atoms with Gasteiger partial charge in [0.1, 0.15) is 4.83 Å². The molecule has 1 fully saturated rings. The van der Waals surface area contributed by atoms with Crippen molar-refractivity contribution in [2.24, 2.45) is 0 Å². The maximum atomic E-state index is 13.8. The molecule has 34 heavy (non-hydrogen) atoms. The van der Waals surface area contributed by atoms with Gasteiger partial charge in [-0.25, -0.2) is 4.98 Å². The van der Waals surface area contributed by atoms with E-state index >= 15 is 0 Å². The molecule has 7 nitrogen and oxygen atoms in total. The monoisotopic (exact) mass is 496 g/mol. The molecular formula is C25H28N4O3S2. The molecule has 1 saturated carbocycles. The highest BCUT2D eigenvalue weighted by atomic mass is 32.2. The molecule has 0 spiro atoms. The molecule has 5 rings (SSSR count). The summed E-state index contributed by atoms with van der Waals surface area (Å²) >= 11 is 2.87. The third-order valence-electron chi connectivity index (χ3n) is 6.30. The number of benzene rings is 1. The van der Waals surface area contributed by atoms with Gasteiger partial charge in [-0.15, -0.1) is 11.3 Å². The van der Waals surface area contributed by atoms with Crippen molar-refractivity contribution in [3.05, 3.63) is 51.1 Å². The van der Waals surface area contributed by atoms with Gasteiger partial charge in [0.15, 0.2) is 5.16 Å². The van der Waals surface area contributed by atoms with Crippen molar-refractivity contribution in [1.82, 2.24) is 19.8 Å². The molecule has 0 saturated heterocycles. The van der Waals surface area contributed by atoms with Gasteiger partial charge in [-0.3, -0.25) is 19.0 Å². The number of thiophene rings is 1. The first kappa shape index (κ1) is 23.1. The molecular weight excluding hydrogens is 468 g/mol. The molecule has 178 valence electrons. The number of hydrogen-bond acceptors (Lipinski definition) is 6. The van der Waals surface area contributed by atoms with Gasteiger partial charge in [0, 0.05) is 18.0 Å². The van der Waals surface area contributed by atoms with Gasteiger partial charge < -0.3 is 10.2 Å². The van der Waals surface area contributed by atoms with Crippen LogP contribution in [0.5, 0.6) is 0 Å². The Morgan fingerprint density at radius 2 is 1.94 bits per heavy atom. The lowest BCUT2D eigenvalue weighted by atomic mass is 10.1. The van der Waals surface area contributed by atoms with E-state index < -0.39 is 0 Å². The summed E-state index contributed by atoms with van der Waals surface area (Å²) in [7, 11) is 1.63. The molecule has 1 aromatic carbocycles. The lowest BCUT2D eigenvalue weighted by Crippen LogP contribution is -2.39. The van der Waals surface area contributed by atoms with E-state index in [1.54, 1.807) is 23.0 Å². The summed E-state index contributed by atoms with van der Waals surface area (Å²) in [5.74, 6) is -0.209. The molecule has 0 aliphatic heterocycles. The number of fused-ring (bicyclic) bond motifs is 3. The van der Waals surface area contributed by atoms with Crippen LogP contribution < -0.4 is 10.9 Å². The second kappa shape index (κ2) is 9.92. The van der Waals surface area contributed by atoms with Gasteiger partial charge in [0.05, 0.1) is 23.4 Å². The average Bonchev–Trinajstić information content (AvgIpc) is 3.61. The maximum absolute atomic E-state index is 13.8. The lowest BCUT2D eigenvalue weighted by molar-refractivity contribution is -0.132. The molecule has 0 unspecified atom stereocenters. The van der Waals surface area contributed by atoms with Crippen LogP contribution in [0.2, 0.25) is 0 Å². The number of para-hydroxylation sites is 1. The predicted molar refractivity (Wildman–Crippen MR) is 136 cm³/mol.